The van der Waals surface area contributed by atoms with Gasteiger partial charge in [0.25, 0.3) is 5.91 Å². The molecule has 1 aromatic carbocycles. The molecule has 1 amide bonds. The molecule has 5 heteroatoms. The van der Waals surface area contributed by atoms with E-state index < -0.39 is 11.9 Å². The third-order valence-corrected chi connectivity index (χ3v) is 3.28. The number of fused-ring (bicyclic) bond motifs is 1. The molecule has 1 atom stereocenters. The van der Waals surface area contributed by atoms with Gasteiger partial charge in [-0.05, 0) is 23.3 Å². The number of nitrogens with zero attached hydrogens (tertiary/aromatic N) is 1. The van der Waals surface area contributed by atoms with E-state index in [0.29, 0.717) is 18.8 Å². The average Bonchev–Trinajstić information content (AvgIpc) is 2.84. The highest BCUT2D eigenvalue weighted by molar-refractivity contribution is 5.94. The minimum Gasteiger partial charge on any atom is -0.481 e. The van der Waals surface area contributed by atoms with Crippen molar-refractivity contribution < 1.29 is 19.4 Å². The van der Waals surface area contributed by atoms with Crippen molar-refractivity contribution in [3.8, 4) is 0 Å². The van der Waals surface area contributed by atoms with Crippen molar-refractivity contribution in [2.75, 3.05) is 13.6 Å². The van der Waals surface area contributed by atoms with Gasteiger partial charge in [-0.15, -0.1) is 0 Å². The Morgan fingerprint density at radius 2 is 2.05 bits per heavy atom. The lowest BCUT2D eigenvalue weighted by Crippen LogP contribution is -2.33. The summed E-state index contributed by atoms with van der Waals surface area (Å²) in [7, 11) is 1.62. The average molecular weight is 263 g/mol. The van der Waals surface area contributed by atoms with Crippen molar-refractivity contribution in [3.05, 3.63) is 34.9 Å². The smallest absolute Gasteiger partial charge is 0.308 e. The summed E-state index contributed by atoms with van der Waals surface area (Å²) < 4.78 is 5.30. The molecule has 0 spiro atoms. The van der Waals surface area contributed by atoms with Gasteiger partial charge in [0, 0.05) is 19.2 Å². The van der Waals surface area contributed by atoms with E-state index in [4.69, 9.17) is 9.84 Å². The highest BCUT2D eigenvalue weighted by Gasteiger charge is 2.20. The van der Waals surface area contributed by atoms with Crippen molar-refractivity contribution in [2.45, 2.75) is 20.1 Å². The van der Waals surface area contributed by atoms with E-state index in [1.807, 2.05) is 12.1 Å². The predicted molar refractivity (Wildman–Crippen MR) is 68.7 cm³/mol. The number of hydrogen-bond acceptors (Lipinski definition) is 3. The van der Waals surface area contributed by atoms with Crippen LogP contribution >= 0.6 is 0 Å². The molecule has 0 aromatic heterocycles. The van der Waals surface area contributed by atoms with Gasteiger partial charge in [-0.2, -0.15) is 0 Å². The van der Waals surface area contributed by atoms with Crippen LogP contribution in [0.4, 0.5) is 0 Å². The summed E-state index contributed by atoms with van der Waals surface area (Å²) in [5.74, 6) is -1.64. The lowest BCUT2D eigenvalue weighted by Gasteiger charge is -2.19. The molecule has 0 saturated heterocycles. The second kappa shape index (κ2) is 5.40. The molecule has 1 aliphatic rings. The van der Waals surface area contributed by atoms with Crippen molar-refractivity contribution in [2.24, 2.45) is 5.92 Å². The van der Waals surface area contributed by atoms with Crippen LogP contribution in [0, 0.1) is 5.92 Å². The molecule has 1 aromatic rings. The van der Waals surface area contributed by atoms with Crippen LogP contribution in [0.15, 0.2) is 18.2 Å². The highest BCUT2D eigenvalue weighted by atomic mass is 16.5. The van der Waals surface area contributed by atoms with Gasteiger partial charge in [0.1, 0.15) is 0 Å². The first-order chi connectivity index (χ1) is 8.99. The lowest BCUT2D eigenvalue weighted by atomic mass is 10.1. The number of carbonyl (C=O) groups excluding carboxylic acids is 1. The SMILES string of the molecule is CC(CN(C)C(=O)c1ccc2c(c1)COC2)C(=O)O. The van der Waals surface area contributed by atoms with Gasteiger partial charge < -0.3 is 14.7 Å². The fraction of sp³-hybridized carbons (Fsp3) is 0.429. The van der Waals surface area contributed by atoms with Gasteiger partial charge >= 0.3 is 5.97 Å². The maximum atomic E-state index is 12.2. The van der Waals surface area contributed by atoms with E-state index >= 15 is 0 Å². The van der Waals surface area contributed by atoms with Crippen molar-refractivity contribution in [1.82, 2.24) is 4.90 Å². The molecule has 1 N–H and O–H groups in total. The predicted octanol–water partition coefficient (Wildman–Crippen LogP) is 1.51. The summed E-state index contributed by atoms with van der Waals surface area (Å²) in [6.07, 6.45) is 0. The quantitative estimate of drug-likeness (QED) is 0.894. The summed E-state index contributed by atoms with van der Waals surface area (Å²) >= 11 is 0. The van der Waals surface area contributed by atoms with Crippen LogP contribution in [0.1, 0.15) is 28.4 Å². The molecule has 0 fully saturated rings. The molecule has 0 aliphatic carbocycles. The summed E-state index contributed by atoms with van der Waals surface area (Å²) in [5, 5.41) is 8.86. The van der Waals surface area contributed by atoms with Crippen LogP contribution in [-0.2, 0) is 22.7 Å². The Morgan fingerprint density at radius 3 is 2.74 bits per heavy atom. The van der Waals surface area contributed by atoms with Gasteiger partial charge in [0.15, 0.2) is 0 Å². The Bertz CT molecular complexity index is 512. The zero-order chi connectivity index (χ0) is 14.0. The van der Waals surface area contributed by atoms with Gasteiger partial charge in [-0.3, -0.25) is 9.59 Å². The van der Waals surface area contributed by atoms with Gasteiger partial charge in [-0.25, -0.2) is 0 Å². The van der Waals surface area contributed by atoms with E-state index in [0.717, 1.165) is 11.1 Å². The molecular weight excluding hydrogens is 246 g/mol. The molecule has 5 nitrogen and oxygen atoms in total. The number of rotatable bonds is 4. The molecule has 102 valence electrons. The zero-order valence-corrected chi connectivity index (χ0v) is 11.0. The Kier molecular flexibility index (Phi) is 3.85. The number of aliphatic carboxylic acids is 1. The first kappa shape index (κ1) is 13.5. The fourth-order valence-corrected chi connectivity index (χ4v) is 2.10. The lowest BCUT2D eigenvalue weighted by molar-refractivity contribution is -0.141. The molecule has 0 radical (unpaired) electrons. The van der Waals surface area contributed by atoms with Crippen LogP contribution in [0.2, 0.25) is 0 Å². The fourth-order valence-electron chi connectivity index (χ4n) is 2.10. The molecule has 1 unspecified atom stereocenters. The number of benzene rings is 1. The second-order valence-electron chi connectivity index (χ2n) is 4.90. The zero-order valence-electron chi connectivity index (χ0n) is 11.0. The van der Waals surface area contributed by atoms with E-state index in [2.05, 4.69) is 0 Å². The number of carboxylic acids is 1. The summed E-state index contributed by atoms with van der Waals surface area (Å²) in [4.78, 5) is 24.4. The third kappa shape index (κ3) is 2.93. The topological polar surface area (TPSA) is 66.8 Å². The Morgan fingerprint density at radius 1 is 1.37 bits per heavy atom. The number of hydrogen-bond donors (Lipinski definition) is 1. The molecule has 2 rings (SSSR count). The van der Waals surface area contributed by atoms with Crippen molar-refractivity contribution in [1.29, 1.82) is 0 Å². The molecule has 1 aliphatic heterocycles. The number of carboxylic acid groups (broad SMARTS) is 1. The molecule has 1 heterocycles. The molecule has 0 bridgehead atoms. The minimum atomic E-state index is -0.901. The maximum absolute atomic E-state index is 12.2. The van der Waals surface area contributed by atoms with Gasteiger partial charge in [-0.1, -0.05) is 13.0 Å². The first-order valence-corrected chi connectivity index (χ1v) is 6.17. The van der Waals surface area contributed by atoms with Crippen LogP contribution < -0.4 is 0 Å². The minimum absolute atomic E-state index is 0.164. The summed E-state index contributed by atoms with van der Waals surface area (Å²) in [6, 6.07) is 5.48. The normalized spacial score (nSPS) is 14.8. The molecule has 0 saturated carbocycles. The molecule has 19 heavy (non-hydrogen) atoms. The number of carbonyl (C=O) groups is 2. The Hall–Kier alpha value is -1.88. The summed E-state index contributed by atoms with van der Waals surface area (Å²) in [6.45, 7) is 2.91. The Balaban J connectivity index is 2.09. The van der Waals surface area contributed by atoms with Gasteiger partial charge in [0.2, 0.25) is 0 Å². The first-order valence-electron chi connectivity index (χ1n) is 6.17. The maximum Gasteiger partial charge on any atom is 0.308 e. The summed E-state index contributed by atoms with van der Waals surface area (Å²) in [5.41, 5.74) is 2.72. The van der Waals surface area contributed by atoms with E-state index in [1.165, 1.54) is 4.90 Å². The van der Waals surface area contributed by atoms with E-state index in [1.54, 1.807) is 20.0 Å². The molecular formula is C14H17NO4. The van der Waals surface area contributed by atoms with E-state index in [-0.39, 0.29) is 12.5 Å². The standard InChI is InChI=1S/C14H17NO4/c1-9(14(17)18)6-15(2)13(16)10-3-4-11-7-19-8-12(11)5-10/h3-5,9H,6-8H2,1-2H3,(H,17,18). The van der Waals surface area contributed by atoms with Crippen LogP contribution in [0.25, 0.3) is 0 Å². The number of amides is 1. The largest absolute Gasteiger partial charge is 0.481 e. The highest BCUT2D eigenvalue weighted by Crippen LogP contribution is 2.21. The van der Waals surface area contributed by atoms with Crippen molar-refractivity contribution >= 4 is 11.9 Å². The van der Waals surface area contributed by atoms with Crippen LogP contribution in [0.5, 0.6) is 0 Å². The monoisotopic (exact) mass is 263 g/mol. The third-order valence-electron chi connectivity index (χ3n) is 3.28. The number of ether oxygens (including phenoxy) is 1. The van der Waals surface area contributed by atoms with Crippen LogP contribution in [-0.4, -0.2) is 35.5 Å². The Labute approximate surface area is 111 Å². The van der Waals surface area contributed by atoms with Gasteiger partial charge in [0.05, 0.1) is 19.1 Å². The van der Waals surface area contributed by atoms with E-state index in [9.17, 15) is 9.59 Å². The van der Waals surface area contributed by atoms with Crippen LogP contribution in [0.3, 0.4) is 0 Å². The second-order valence-corrected chi connectivity index (χ2v) is 4.90. The van der Waals surface area contributed by atoms with Crippen molar-refractivity contribution in [3.63, 3.8) is 0 Å².